The van der Waals surface area contributed by atoms with E-state index in [9.17, 15) is 4.39 Å². The van der Waals surface area contributed by atoms with E-state index in [0.29, 0.717) is 16.4 Å². The summed E-state index contributed by atoms with van der Waals surface area (Å²) < 4.78 is 19.3. The van der Waals surface area contributed by atoms with Gasteiger partial charge < -0.3 is 15.8 Å². The molecule has 0 aliphatic rings. The maximum atomic E-state index is 13.5. The number of halogens is 3. The minimum Gasteiger partial charge on any atom is -0.494 e. The van der Waals surface area contributed by atoms with E-state index in [4.69, 9.17) is 22.1 Å². The van der Waals surface area contributed by atoms with Gasteiger partial charge in [0.05, 0.1) is 24.2 Å². The van der Waals surface area contributed by atoms with Gasteiger partial charge in [-0.1, -0.05) is 11.6 Å². The number of hydrogen-bond donors (Lipinski definition) is 2. The Labute approximate surface area is 129 Å². The molecule has 100 valence electrons. The van der Waals surface area contributed by atoms with E-state index in [1.807, 2.05) is 12.1 Å². The molecule has 0 saturated carbocycles. The zero-order valence-corrected chi connectivity index (χ0v) is 12.9. The highest BCUT2D eigenvalue weighted by Gasteiger charge is 2.10. The fourth-order valence-corrected chi connectivity index (χ4v) is 2.58. The highest BCUT2D eigenvalue weighted by Crippen LogP contribution is 2.32. The molecule has 2 rings (SSSR count). The van der Waals surface area contributed by atoms with Gasteiger partial charge in [-0.25, -0.2) is 4.39 Å². The Hall–Kier alpha value is -1.21. The molecule has 3 nitrogen and oxygen atoms in total. The minimum atomic E-state index is -0.489. The predicted molar refractivity (Wildman–Crippen MR) is 84.8 cm³/mol. The molecule has 0 radical (unpaired) electrons. The molecule has 0 atom stereocenters. The Morgan fingerprint density at radius 3 is 2.63 bits per heavy atom. The van der Waals surface area contributed by atoms with Crippen LogP contribution in [0.25, 0.3) is 0 Å². The first-order valence-corrected chi connectivity index (χ1v) is 6.82. The Kier molecular flexibility index (Phi) is 4.36. The first-order valence-electron chi connectivity index (χ1n) is 5.36. The summed E-state index contributed by atoms with van der Waals surface area (Å²) in [6, 6.07) is 8.17. The van der Waals surface area contributed by atoms with Gasteiger partial charge in [0.15, 0.2) is 11.6 Å². The molecule has 19 heavy (non-hydrogen) atoms. The van der Waals surface area contributed by atoms with Gasteiger partial charge in [0.2, 0.25) is 0 Å². The zero-order valence-electron chi connectivity index (χ0n) is 10.0. The van der Waals surface area contributed by atoms with Crippen molar-refractivity contribution in [3.63, 3.8) is 0 Å². The van der Waals surface area contributed by atoms with Gasteiger partial charge >= 0.3 is 0 Å². The molecule has 3 N–H and O–H groups in total. The van der Waals surface area contributed by atoms with Crippen molar-refractivity contribution in [2.75, 3.05) is 18.2 Å². The summed E-state index contributed by atoms with van der Waals surface area (Å²) in [5.74, 6) is -0.350. The average Bonchev–Trinajstić information content (AvgIpc) is 2.35. The number of anilines is 3. The lowest BCUT2D eigenvalue weighted by Crippen LogP contribution is -2.00. The van der Waals surface area contributed by atoms with Crippen LogP contribution in [0.1, 0.15) is 0 Å². The molecule has 2 aromatic carbocycles. The quantitative estimate of drug-likeness (QED) is 0.600. The van der Waals surface area contributed by atoms with Gasteiger partial charge in [-0.15, -0.1) is 0 Å². The van der Waals surface area contributed by atoms with Gasteiger partial charge in [0.1, 0.15) is 0 Å². The van der Waals surface area contributed by atoms with E-state index in [2.05, 4.69) is 27.9 Å². The van der Waals surface area contributed by atoms with Gasteiger partial charge in [-0.2, -0.15) is 0 Å². The molecule has 0 bridgehead atoms. The molecule has 0 heterocycles. The highest BCUT2D eigenvalue weighted by molar-refractivity contribution is 14.1. The first kappa shape index (κ1) is 14.2. The van der Waals surface area contributed by atoms with E-state index >= 15 is 0 Å². The lowest BCUT2D eigenvalue weighted by atomic mass is 10.2. The smallest absolute Gasteiger partial charge is 0.167 e. The van der Waals surface area contributed by atoms with Crippen molar-refractivity contribution in [2.24, 2.45) is 0 Å². The number of nitrogens with two attached hydrogens (primary N) is 1. The number of nitrogens with one attached hydrogen (secondary N) is 1. The largest absolute Gasteiger partial charge is 0.494 e. The fraction of sp³-hybridized carbons (Fsp3) is 0.0769. The second-order valence-electron chi connectivity index (χ2n) is 3.82. The van der Waals surface area contributed by atoms with Crippen LogP contribution in [0, 0.1) is 9.39 Å². The standard InChI is InChI=1S/C13H11ClFIN2O/c1-19-13-6-12(10(17)5-8(13)15)18-11-3-2-7(14)4-9(11)16/h2-6,18H,17H2,1H3. The van der Waals surface area contributed by atoms with Crippen molar-refractivity contribution in [3.8, 4) is 5.75 Å². The number of rotatable bonds is 3. The second kappa shape index (κ2) is 5.83. The number of benzene rings is 2. The fourth-order valence-electron chi connectivity index (χ4n) is 1.57. The van der Waals surface area contributed by atoms with Gasteiger partial charge in [0, 0.05) is 20.7 Å². The monoisotopic (exact) mass is 392 g/mol. The zero-order chi connectivity index (χ0) is 14.0. The summed E-state index contributed by atoms with van der Waals surface area (Å²) in [4.78, 5) is 0. The number of ether oxygens (including phenoxy) is 1. The van der Waals surface area contributed by atoms with E-state index < -0.39 is 5.82 Å². The van der Waals surface area contributed by atoms with Crippen LogP contribution in [0.4, 0.5) is 21.5 Å². The van der Waals surface area contributed by atoms with Crippen LogP contribution in [0.2, 0.25) is 5.02 Å². The summed E-state index contributed by atoms with van der Waals surface area (Å²) in [5.41, 5.74) is 7.52. The SMILES string of the molecule is COc1cc(Nc2ccc(Cl)cc2I)c(N)cc1F. The highest BCUT2D eigenvalue weighted by atomic mass is 127. The molecule has 0 unspecified atom stereocenters. The maximum absolute atomic E-state index is 13.5. The third kappa shape index (κ3) is 3.22. The van der Waals surface area contributed by atoms with Crippen LogP contribution >= 0.6 is 34.2 Å². The molecule has 2 aromatic rings. The predicted octanol–water partition coefficient (Wildman–Crippen LogP) is 4.42. The third-order valence-corrected chi connectivity index (χ3v) is 3.65. The molecule has 0 aliphatic carbocycles. The molecule has 0 aromatic heterocycles. The summed E-state index contributed by atoms with van der Waals surface area (Å²) in [7, 11) is 1.41. The average molecular weight is 393 g/mol. The molecule has 0 fully saturated rings. The Balaban J connectivity index is 2.37. The van der Waals surface area contributed by atoms with Crippen LogP contribution < -0.4 is 15.8 Å². The second-order valence-corrected chi connectivity index (χ2v) is 5.42. The Morgan fingerprint density at radius 1 is 1.26 bits per heavy atom. The van der Waals surface area contributed by atoms with Crippen LogP contribution in [-0.4, -0.2) is 7.11 Å². The molecular weight excluding hydrogens is 382 g/mol. The van der Waals surface area contributed by atoms with Crippen molar-refractivity contribution in [1.82, 2.24) is 0 Å². The van der Waals surface area contributed by atoms with Crippen LogP contribution in [0.5, 0.6) is 5.75 Å². The van der Waals surface area contributed by atoms with E-state index in [1.54, 1.807) is 6.07 Å². The topological polar surface area (TPSA) is 47.3 Å². The van der Waals surface area contributed by atoms with Gasteiger partial charge in [0.25, 0.3) is 0 Å². The molecule has 0 saturated heterocycles. The number of nitrogen functional groups attached to an aromatic ring is 1. The number of methoxy groups -OCH3 is 1. The van der Waals surface area contributed by atoms with Crippen molar-refractivity contribution in [2.45, 2.75) is 0 Å². The first-order chi connectivity index (χ1) is 9.01. The van der Waals surface area contributed by atoms with Gasteiger partial charge in [-0.05, 0) is 40.8 Å². The van der Waals surface area contributed by atoms with Crippen molar-refractivity contribution < 1.29 is 9.13 Å². The van der Waals surface area contributed by atoms with E-state index in [-0.39, 0.29) is 5.75 Å². The minimum absolute atomic E-state index is 0.140. The number of hydrogen-bond acceptors (Lipinski definition) is 3. The molecular formula is C13H11ClFIN2O. The summed E-state index contributed by atoms with van der Waals surface area (Å²) in [5, 5.41) is 3.78. The summed E-state index contributed by atoms with van der Waals surface area (Å²) >= 11 is 8.05. The third-order valence-electron chi connectivity index (χ3n) is 2.52. The van der Waals surface area contributed by atoms with E-state index in [0.717, 1.165) is 9.26 Å². The van der Waals surface area contributed by atoms with Crippen LogP contribution in [-0.2, 0) is 0 Å². The Morgan fingerprint density at radius 2 is 2.00 bits per heavy atom. The Bertz CT molecular complexity index is 622. The van der Waals surface area contributed by atoms with E-state index in [1.165, 1.54) is 19.2 Å². The summed E-state index contributed by atoms with van der Waals surface area (Å²) in [6.07, 6.45) is 0. The van der Waals surface area contributed by atoms with Crippen LogP contribution in [0.3, 0.4) is 0 Å². The lowest BCUT2D eigenvalue weighted by molar-refractivity contribution is 0.387. The van der Waals surface area contributed by atoms with Crippen molar-refractivity contribution >= 4 is 51.3 Å². The molecule has 0 spiro atoms. The van der Waals surface area contributed by atoms with Gasteiger partial charge in [-0.3, -0.25) is 0 Å². The maximum Gasteiger partial charge on any atom is 0.167 e. The van der Waals surface area contributed by atoms with Crippen molar-refractivity contribution in [3.05, 3.63) is 44.7 Å². The normalized spacial score (nSPS) is 10.3. The molecule has 0 amide bonds. The van der Waals surface area contributed by atoms with Crippen molar-refractivity contribution in [1.29, 1.82) is 0 Å². The van der Waals surface area contributed by atoms with Crippen LogP contribution in [0.15, 0.2) is 30.3 Å². The lowest BCUT2D eigenvalue weighted by Gasteiger charge is -2.13. The summed E-state index contributed by atoms with van der Waals surface area (Å²) in [6.45, 7) is 0. The molecule has 6 heteroatoms. The molecule has 0 aliphatic heterocycles.